The highest BCUT2D eigenvalue weighted by atomic mass is 79.9. The lowest BCUT2D eigenvalue weighted by Gasteiger charge is -2.07. The molecule has 1 N–H and O–H groups in total. The van der Waals surface area contributed by atoms with Crippen molar-refractivity contribution in [1.82, 2.24) is 0 Å². The Morgan fingerprint density at radius 2 is 2.23 bits per heavy atom. The number of rotatable bonds is 3. The Bertz CT molecular complexity index is 302. The average molecular weight is 249 g/mol. The molecule has 1 aromatic carbocycles. The summed E-state index contributed by atoms with van der Waals surface area (Å²) >= 11 is 3.08. The number of aliphatic hydroxyl groups is 1. The molecule has 0 radical (unpaired) electrons. The van der Waals surface area contributed by atoms with E-state index < -0.39 is 0 Å². The molecule has 0 atom stereocenters. The topological polar surface area (TPSA) is 29.5 Å². The molecule has 0 saturated carbocycles. The van der Waals surface area contributed by atoms with Crippen LogP contribution in [0.2, 0.25) is 0 Å². The Labute approximate surface area is 84.5 Å². The van der Waals surface area contributed by atoms with Gasteiger partial charge in [0.2, 0.25) is 0 Å². The maximum Gasteiger partial charge on any atom is 0.144 e. The first-order chi connectivity index (χ1) is 6.20. The van der Waals surface area contributed by atoms with Gasteiger partial charge < -0.3 is 9.84 Å². The molecule has 1 rings (SSSR count). The summed E-state index contributed by atoms with van der Waals surface area (Å²) in [5.74, 6) is 0.0904. The fourth-order valence-corrected chi connectivity index (χ4v) is 1.59. The molecule has 0 spiro atoms. The van der Waals surface area contributed by atoms with Crippen molar-refractivity contribution in [2.75, 3.05) is 13.7 Å². The number of hydrogen-bond acceptors (Lipinski definition) is 2. The van der Waals surface area contributed by atoms with Crippen molar-refractivity contribution in [3.05, 3.63) is 28.0 Å². The summed E-state index contributed by atoms with van der Waals surface area (Å²) in [6, 6.07) is 3.27. The van der Waals surface area contributed by atoms with Crippen LogP contribution in [0.25, 0.3) is 0 Å². The molecule has 0 aliphatic carbocycles. The van der Waals surface area contributed by atoms with Gasteiger partial charge in [0, 0.05) is 6.61 Å². The van der Waals surface area contributed by atoms with E-state index in [1.54, 1.807) is 12.1 Å². The summed E-state index contributed by atoms with van der Waals surface area (Å²) in [4.78, 5) is 0. The molecular weight excluding hydrogens is 239 g/mol. The van der Waals surface area contributed by atoms with Crippen molar-refractivity contribution < 1.29 is 14.2 Å². The van der Waals surface area contributed by atoms with Crippen LogP contribution in [0, 0.1) is 5.82 Å². The highest BCUT2D eigenvalue weighted by Gasteiger charge is 2.10. The second-order valence-electron chi connectivity index (χ2n) is 2.53. The lowest BCUT2D eigenvalue weighted by Crippen LogP contribution is -1.97. The largest absolute Gasteiger partial charge is 0.495 e. The maximum atomic E-state index is 13.4. The quantitative estimate of drug-likeness (QED) is 0.889. The van der Waals surface area contributed by atoms with Gasteiger partial charge in [0.1, 0.15) is 11.6 Å². The second kappa shape index (κ2) is 4.58. The molecule has 1 aromatic rings. The number of ether oxygens (including phenoxy) is 1. The third kappa shape index (κ3) is 2.19. The minimum absolute atomic E-state index is 0.0598. The first-order valence-corrected chi connectivity index (χ1v) is 4.61. The molecule has 0 saturated heterocycles. The van der Waals surface area contributed by atoms with E-state index in [0.717, 1.165) is 0 Å². The van der Waals surface area contributed by atoms with Gasteiger partial charge in [0.05, 0.1) is 11.6 Å². The van der Waals surface area contributed by atoms with Crippen LogP contribution in [0.3, 0.4) is 0 Å². The molecule has 2 nitrogen and oxygen atoms in total. The maximum absolute atomic E-state index is 13.4. The van der Waals surface area contributed by atoms with E-state index in [1.165, 1.54) is 7.11 Å². The predicted octanol–water partition coefficient (Wildman–Crippen LogP) is 2.13. The molecule has 72 valence electrons. The van der Waals surface area contributed by atoms with Gasteiger partial charge in [-0.25, -0.2) is 4.39 Å². The van der Waals surface area contributed by atoms with Gasteiger partial charge in [-0.3, -0.25) is 0 Å². The zero-order valence-electron chi connectivity index (χ0n) is 7.18. The van der Waals surface area contributed by atoms with Crippen LogP contribution in [0.1, 0.15) is 5.56 Å². The van der Waals surface area contributed by atoms with Crippen molar-refractivity contribution >= 4 is 15.9 Å². The first-order valence-electron chi connectivity index (χ1n) is 3.82. The lowest BCUT2D eigenvalue weighted by molar-refractivity contribution is 0.297. The van der Waals surface area contributed by atoms with Crippen LogP contribution in [-0.4, -0.2) is 18.8 Å². The van der Waals surface area contributed by atoms with Crippen molar-refractivity contribution in [1.29, 1.82) is 0 Å². The number of hydrogen-bond donors (Lipinski definition) is 1. The third-order valence-electron chi connectivity index (χ3n) is 1.73. The van der Waals surface area contributed by atoms with Crippen LogP contribution >= 0.6 is 15.9 Å². The minimum Gasteiger partial charge on any atom is -0.495 e. The summed E-state index contributed by atoms with van der Waals surface area (Å²) in [6.45, 7) is -0.0598. The molecule has 0 bridgehead atoms. The van der Waals surface area contributed by atoms with Crippen LogP contribution in [0.5, 0.6) is 5.75 Å². The summed E-state index contributed by atoms with van der Waals surface area (Å²) in [5.41, 5.74) is 0.482. The van der Waals surface area contributed by atoms with Gasteiger partial charge >= 0.3 is 0 Å². The van der Waals surface area contributed by atoms with E-state index in [1.807, 2.05) is 0 Å². The van der Waals surface area contributed by atoms with Gasteiger partial charge in [0.25, 0.3) is 0 Å². The van der Waals surface area contributed by atoms with Crippen LogP contribution in [0.4, 0.5) is 4.39 Å². The van der Waals surface area contributed by atoms with Gasteiger partial charge in [-0.15, -0.1) is 0 Å². The molecule has 0 aliphatic rings. The number of methoxy groups -OCH3 is 1. The summed E-state index contributed by atoms with van der Waals surface area (Å²) < 4.78 is 18.6. The van der Waals surface area contributed by atoms with Crippen molar-refractivity contribution in [2.45, 2.75) is 6.42 Å². The Morgan fingerprint density at radius 1 is 1.54 bits per heavy atom. The molecule has 0 aromatic heterocycles. The molecule has 0 aliphatic heterocycles. The fourth-order valence-electron chi connectivity index (χ4n) is 1.04. The summed E-state index contributed by atoms with van der Waals surface area (Å²) in [5, 5.41) is 8.65. The van der Waals surface area contributed by atoms with E-state index in [-0.39, 0.29) is 12.4 Å². The highest BCUT2D eigenvalue weighted by molar-refractivity contribution is 9.10. The van der Waals surface area contributed by atoms with Crippen molar-refractivity contribution in [2.24, 2.45) is 0 Å². The van der Waals surface area contributed by atoms with E-state index >= 15 is 0 Å². The zero-order chi connectivity index (χ0) is 9.84. The van der Waals surface area contributed by atoms with Crippen LogP contribution in [-0.2, 0) is 6.42 Å². The van der Waals surface area contributed by atoms with Crippen molar-refractivity contribution in [3.63, 3.8) is 0 Å². The average Bonchev–Trinajstić information content (AvgIpc) is 2.14. The Morgan fingerprint density at radius 3 is 2.77 bits per heavy atom. The zero-order valence-corrected chi connectivity index (χ0v) is 8.77. The van der Waals surface area contributed by atoms with Gasteiger partial charge in [-0.05, 0) is 34.0 Å². The summed E-state index contributed by atoms with van der Waals surface area (Å²) in [7, 11) is 1.48. The standard InChI is InChI=1S/C9H10BrFO2/c1-13-7-3-2-6(4-5-12)9(11)8(7)10/h2-3,12H,4-5H2,1H3. The molecule has 0 amide bonds. The van der Waals surface area contributed by atoms with Crippen LogP contribution < -0.4 is 4.74 Å². The second-order valence-corrected chi connectivity index (χ2v) is 3.32. The first kappa shape index (κ1) is 10.5. The Hall–Kier alpha value is -0.610. The Balaban J connectivity index is 3.07. The van der Waals surface area contributed by atoms with Gasteiger partial charge in [0.15, 0.2) is 0 Å². The summed E-state index contributed by atoms with van der Waals surface area (Å²) in [6.07, 6.45) is 0.314. The molecule has 0 heterocycles. The number of benzene rings is 1. The number of halogens is 2. The van der Waals surface area contributed by atoms with E-state index in [9.17, 15) is 4.39 Å². The molecule has 0 unspecified atom stereocenters. The molecule has 4 heteroatoms. The normalized spacial score (nSPS) is 10.2. The molecule has 13 heavy (non-hydrogen) atoms. The third-order valence-corrected chi connectivity index (χ3v) is 2.47. The molecular formula is C9H10BrFO2. The van der Waals surface area contributed by atoms with E-state index in [0.29, 0.717) is 22.2 Å². The predicted molar refractivity (Wildman–Crippen MR) is 51.4 cm³/mol. The van der Waals surface area contributed by atoms with E-state index in [4.69, 9.17) is 9.84 Å². The van der Waals surface area contributed by atoms with Crippen molar-refractivity contribution in [3.8, 4) is 5.75 Å². The van der Waals surface area contributed by atoms with Crippen LogP contribution in [0.15, 0.2) is 16.6 Å². The fraction of sp³-hybridized carbons (Fsp3) is 0.333. The smallest absolute Gasteiger partial charge is 0.144 e. The molecule has 0 fully saturated rings. The Kier molecular flexibility index (Phi) is 3.69. The highest BCUT2D eigenvalue weighted by Crippen LogP contribution is 2.29. The SMILES string of the molecule is COc1ccc(CCO)c(F)c1Br. The van der Waals surface area contributed by atoms with Gasteiger partial charge in [-0.1, -0.05) is 6.07 Å². The minimum atomic E-state index is -0.367. The van der Waals surface area contributed by atoms with Gasteiger partial charge in [-0.2, -0.15) is 0 Å². The number of aliphatic hydroxyl groups excluding tert-OH is 1. The lowest BCUT2D eigenvalue weighted by atomic mass is 10.1. The van der Waals surface area contributed by atoms with E-state index in [2.05, 4.69) is 15.9 Å². The monoisotopic (exact) mass is 248 g/mol.